The second-order valence-corrected chi connectivity index (χ2v) is 5.93. The molecular weight excluding hydrogens is 272 g/mol. The molecule has 2 rings (SSSR count). The van der Waals surface area contributed by atoms with Gasteiger partial charge in [0.15, 0.2) is 0 Å². The molecule has 0 amide bonds. The van der Waals surface area contributed by atoms with E-state index in [0.29, 0.717) is 17.6 Å². The largest absolute Gasteiger partial charge is 0.387 e. The molecule has 2 unspecified atom stereocenters. The summed E-state index contributed by atoms with van der Waals surface area (Å²) in [6.07, 6.45) is 0.744. The number of halogens is 1. The van der Waals surface area contributed by atoms with Gasteiger partial charge in [-0.2, -0.15) is 0 Å². The average molecular weight is 297 g/mol. The molecule has 20 heavy (non-hydrogen) atoms. The zero-order valence-corrected chi connectivity index (χ0v) is 13.2. The monoisotopic (exact) mass is 296 g/mol. The van der Waals surface area contributed by atoms with Crippen molar-refractivity contribution in [2.24, 2.45) is 0 Å². The molecule has 2 atom stereocenters. The normalized spacial score (nSPS) is 21.6. The molecule has 0 saturated carbocycles. The van der Waals surface area contributed by atoms with Crippen LogP contribution in [-0.2, 0) is 0 Å². The van der Waals surface area contributed by atoms with E-state index in [2.05, 4.69) is 23.6 Å². The predicted octanol–water partition coefficient (Wildman–Crippen LogP) is 2.79. The Bertz CT molecular complexity index is 423. The zero-order valence-electron chi connectivity index (χ0n) is 12.4. The molecule has 1 fully saturated rings. The summed E-state index contributed by atoms with van der Waals surface area (Å²) in [7, 11) is 0. The Kier molecular flexibility index (Phi) is 5.85. The second-order valence-electron chi connectivity index (χ2n) is 5.49. The maximum absolute atomic E-state index is 10.3. The highest BCUT2D eigenvalue weighted by Crippen LogP contribution is 2.22. The number of likely N-dealkylation sites (tertiary alicyclic amines) is 1. The molecule has 0 aromatic heterocycles. The summed E-state index contributed by atoms with van der Waals surface area (Å²) in [5.74, 6) is 0. The van der Waals surface area contributed by atoms with Crippen molar-refractivity contribution in [3.05, 3.63) is 34.9 Å². The molecule has 1 aliphatic rings. The van der Waals surface area contributed by atoms with E-state index in [-0.39, 0.29) is 0 Å². The van der Waals surface area contributed by atoms with E-state index in [9.17, 15) is 5.11 Å². The average Bonchev–Trinajstić information content (AvgIpc) is 2.88. The van der Waals surface area contributed by atoms with Gasteiger partial charge in [0.1, 0.15) is 0 Å². The Morgan fingerprint density at radius 2 is 2.15 bits per heavy atom. The Hall–Kier alpha value is -0.610. The van der Waals surface area contributed by atoms with Gasteiger partial charge in [0, 0.05) is 24.2 Å². The molecule has 0 spiro atoms. The van der Waals surface area contributed by atoms with E-state index >= 15 is 0 Å². The molecule has 1 heterocycles. The first-order valence-electron chi connectivity index (χ1n) is 7.54. The van der Waals surface area contributed by atoms with Crippen molar-refractivity contribution >= 4 is 11.6 Å². The number of likely N-dealkylation sites (N-methyl/N-ethyl adjacent to an activating group) is 1. The van der Waals surface area contributed by atoms with Crippen LogP contribution in [0.2, 0.25) is 5.02 Å². The number of rotatable bonds is 6. The number of aliphatic hydroxyl groups excluding tert-OH is 1. The fourth-order valence-corrected chi connectivity index (χ4v) is 3.28. The molecule has 1 saturated heterocycles. The SMILES string of the molecule is CCN(CC)C1CCN(CC(O)c2cccc(Cl)c2)C1. The van der Waals surface area contributed by atoms with Gasteiger partial charge in [0.2, 0.25) is 0 Å². The van der Waals surface area contributed by atoms with E-state index in [1.54, 1.807) is 0 Å². The second kappa shape index (κ2) is 7.41. The number of hydrogen-bond donors (Lipinski definition) is 1. The van der Waals surface area contributed by atoms with Gasteiger partial charge in [0.25, 0.3) is 0 Å². The quantitative estimate of drug-likeness (QED) is 0.874. The summed E-state index contributed by atoms with van der Waals surface area (Å²) >= 11 is 5.98. The standard InChI is InChI=1S/C16H25ClN2O/c1-3-19(4-2)15-8-9-18(11-15)12-16(20)13-6-5-7-14(17)10-13/h5-7,10,15-16,20H,3-4,8-9,11-12H2,1-2H3. The van der Waals surface area contributed by atoms with Gasteiger partial charge in [-0.05, 0) is 43.8 Å². The lowest BCUT2D eigenvalue weighted by Gasteiger charge is -2.26. The van der Waals surface area contributed by atoms with Crippen LogP contribution in [0.25, 0.3) is 0 Å². The van der Waals surface area contributed by atoms with Crippen molar-refractivity contribution in [1.29, 1.82) is 0 Å². The van der Waals surface area contributed by atoms with Crippen LogP contribution in [0.3, 0.4) is 0 Å². The summed E-state index contributed by atoms with van der Waals surface area (Å²) in [6.45, 7) is 9.45. The van der Waals surface area contributed by atoms with E-state index < -0.39 is 6.10 Å². The van der Waals surface area contributed by atoms with E-state index in [4.69, 9.17) is 11.6 Å². The maximum Gasteiger partial charge on any atom is 0.0917 e. The first-order valence-corrected chi connectivity index (χ1v) is 7.91. The molecule has 112 valence electrons. The molecule has 0 radical (unpaired) electrons. The molecule has 4 heteroatoms. The lowest BCUT2D eigenvalue weighted by molar-refractivity contribution is 0.119. The van der Waals surface area contributed by atoms with Crippen molar-refractivity contribution in [2.45, 2.75) is 32.4 Å². The summed E-state index contributed by atoms with van der Waals surface area (Å²) in [5.41, 5.74) is 0.906. The zero-order chi connectivity index (χ0) is 14.5. The van der Waals surface area contributed by atoms with Crippen LogP contribution in [0.4, 0.5) is 0 Å². The van der Waals surface area contributed by atoms with Gasteiger partial charge in [-0.15, -0.1) is 0 Å². The minimum atomic E-state index is -0.454. The van der Waals surface area contributed by atoms with E-state index in [0.717, 1.165) is 31.7 Å². The number of β-amino-alcohol motifs (C(OH)–C–C–N with tert-alkyl or cyclic N) is 1. The number of nitrogens with zero attached hydrogens (tertiary/aromatic N) is 2. The number of aliphatic hydroxyl groups is 1. The van der Waals surface area contributed by atoms with Crippen molar-refractivity contribution in [1.82, 2.24) is 9.80 Å². The summed E-state index contributed by atoms with van der Waals surface area (Å²) in [6, 6.07) is 8.16. The Labute approximate surface area is 127 Å². The third-order valence-corrected chi connectivity index (χ3v) is 4.48. The predicted molar refractivity (Wildman–Crippen MR) is 84.2 cm³/mol. The van der Waals surface area contributed by atoms with Crippen LogP contribution in [0, 0.1) is 0 Å². The van der Waals surface area contributed by atoms with Crippen molar-refractivity contribution in [3.63, 3.8) is 0 Å². The van der Waals surface area contributed by atoms with Crippen molar-refractivity contribution in [2.75, 3.05) is 32.7 Å². The van der Waals surface area contributed by atoms with Gasteiger partial charge < -0.3 is 5.11 Å². The summed E-state index contributed by atoms with van der Waals surface area (Å²) < 4.78 is 0. The molecule has 3 nitrogen and oxygen atoms in total. The molecule has 1 aromatic rings. The van der Waals surface area contributed by atoms with Gasteiger partial charge in [-0.3, -0.25) is 9.80 Å². The first kappa shape index (κ1) is 15.8. The highest BCUT2D eigenvalue weighted by molar-refractivity contribution is 6.30. The van der Waals surface area contributed by atoms with Crippen LogP contribution < -0.4 is 0 Å². The molecule has 0 aliphatic carbocycles. The fourth-order valence-electron chi connectivity index (χ4n) is 3.08. The van der Waals surface area contributed by atoms with Crippen LogP contribution in [0.15, 0.2) is 24.3 Å². The van der Waals surface area contributed by atoms with Gasteiger partial charge >= 0.3 is 0 Å². The Morgan fingerprint density at radius 3 is 2.80 bits per heavy atom. The smallest absolute Gasteiger partial charge is 0.0917 e. The summed E-state index contributed by atoms with van der Waals surface area (Å²) in [5, 5.41) is 11.0. The lowest BCUT2D eigenvalue weighted by Crippen LogP contribution is -2.38. The minimum Gasteiger partial charge on any atom is -0.387 e. The van der Waals surface area contributed by atoms with E-state index in [1.165, 1.54) is 6.42 Å². The van der Waals surface area contributed by atoms with E-state index in [1.807, 2.05) is 24.3 Å². The molecular formula is C16H25ClN2O. The highest BCUT2D eigenvalue weighted by Gasteiger charge is 2.27. The third kappa shape index (κ3) is 3.95. The summed E-state index contributed by atoms with van der Waals surface area (Å²) in [4.78, 5) is 4.86. The number of benzene rings is 1. The molecule has 0 bridgehead atoms. The third-order valence-electron chi connectivity index (χ3n) is 4.24. The molecule has 1 aromatic carbocycles. The van der Waals surface area contributed by atoms with Gasteiger partial charge in [-0.25, -0.2) is 0 Å². The Balaban J connectivity index is 1.88. The minimum absolute atomic E-state index is 0.454. The van der Waals surface area contributed by atoms with Crippen molar-refractivity contribution in [3.8, 4) is 0 Å². The van der Waals surface area contributed by atoms with Crippen LogP contribution >= 0.6 is 11.6 Å². The highest BCUT2D eigenvalue weighted by atomic mass is 35.5. The first-order chi connectivity index (χ1) is 9.63. The lowest BCUT2D eigenvalue weighted by atomic mass is 10.1. The van der Waals surface area contributed by atoms with Crippen molar-refractivity contribution < 1.29 is 5.11 Å². The van der Waals surface area contributed by atoms with Gasteiger partial charge in [-0.1, -0.05) is 37.6 Å². The van der Waals surface area contributed by atoms with Crippen LogP contribution in [0.5, 0.6) is 0 Å². The fraction of sp³-hybridized carbons (Fsp3) is 0.625. The number of hydrogen-bond acceptors (Lipinski definition) is 3. The Morgan fingerprint density at radius 1 is 1.40 bits per heavy atom. The molecule has 1 N–H and O–H groups in total. The molecule has 1 aliphatic heterocycles. The van der Waals surface area contributed by atoms with Crippen LogP contribution in [-0.4, -0.2) is 53.7 Å². The van der Waals surface area contributed by atoms with Gasteiger partial charge in [0.05, 0.1) is 6.10 Å². The van der Waals surface area contributed by atoms with Crippen LogP contribution in [0.1, 0.15) is 31.9 Å². The maximum atomic E-state index is 10.3. The topological polar surface area (TPSA) is 26.7 Å².